The highest BCUT2D eigenvalue weighted by Gasteiger charge is 2.28. The minimum atomic E-state index is -0.0691. The molecule has 4 nitrogen and oxygen atoms in total. The summed E-state index contributed by atoms with van der Waals surface area (Å²) in [5.41, 5.74) is 0.834. The van der Waals surface area contributed by atoms with Crippen LogP contribution in [0.25, 0.3) is 0 Å². The van der Waals surface area contributed by atoms with Gasteiger partial charge in [0.25, 0.3) is 0 Å². The van der Waals surface area contributed by atoms with Crippen LogP contribution in [0.4, 0.5) is 0 Å². The summed E-state index contributed by atoms with van der Waals surface area (Å²) in [6.45, 7) is 0.439. The molecule has 112 valence electrons. The standard InChI is InChI=1S/C14H20ClIN2O2/c1-19-8-10-11(16)13(15)18-14(17-10)12(20-2)9-6-4-3-5-7-9/h9,12H,3-8H2,1-2H3. The van der Waals surface area contributed by atoms with Gasteiger partial charge in [0.1, 0.15) is 11.3 Å². The minimum Gasteiger partial charge on any atom is -0.378 e. The molecule has 1 aliphatic rings. The number of nitrogens with zero attached hydrogens (tertiary/aromatic N) is 2. The van der Waals surface area contributed by atoms with Gasteiger partial charge >= 0.3 is 0 Å². The molecule has 1 aromatic rings. The van der Waals surface area contributed by atoms with Crippen LogP contribution in [0.3, 0.4) is 0 Å². The molecule has 0 radical (unpaired) electrons. The summed E-state index contributed by atoms with van der Waals surface area (Å²) < 4.78 is 11.7. The summed E-state index contributed by atoms with van der Waals surface area (Å²) in [4.78, 5) is 9.04. The van der Waals surface area contributed by atoms with E-state index in [1.165, 1.54) is 32.1 Å². The molecule has 0 aliphatic heterocycles. The van der Waals surface area contributed by atoms with Gasteiger partial charge in [-0.3, -0.25) is 0 Å². The van der Waals surface area contributed by atoms with Gasteiger partial charge in [-0.25, -0.2) is 9.97 Å². The van der Waals surface area contributed by atoms with E-state index in [1.54, 1.807) is 14.2 Å². The molecule has 0 N–H and O–H groups in total. The molecule has 20 heavy (non-hydrogen) atoms. The van der Waals surface area contributed by atoms with E-state index in [0.717, 1.165) is 9.26 Å². The molecule has 0 saturated heterocycles. The number of hydrogen-bond acceptors (Lipinski definition) is 4. The monoisotopic (exact) mass is 410 g/mol. The number of hydrogen-bond donors (Lipinski definition) is 0. The summed E-state index contributed by atoms with van der Waals surface area (Å²) in [6, 6.07) is 0. The lowest BCUT2D eigenvalue weighted by Gasteiger charge is -2.28. The average molecular weight is 411 g/mol. The Labute approximate surface area is 138 Å². The quantitative estimate of drug-likeness (QED) is 0.540. The Balaban J connectivity index is 2.28. The number of ether oxygens (including phenoxy) is 2. The van der Waals surface area contributed by atoms with Crippen LogP contribution in [0.1, 0.15) is 49.7 Å². The highest BCUT2D eigenvalue weighted by molar-refractivity contribution is 14.1. The van der Waals surface area contributed by atoms with Gasteiger partial charge in [-0.05, 0) is 41.4 Å². The second kappa shape index (κ2) is 7.87. The van der Waals surface area contributed by atoms with Crippen molar-refractivity contribution in [2.24, 2.45) is 5.92 Å². The molecule has 1 saturated carbocycles. The van der Waals surface area contributed by atoms with E-state index in [2.05, 4.69) is 32.6 Å². The van der Waals surface area contributed by atoms with E-state index in [9.17, 15) is 0 Å². The Morgan fingerprint density at radius 3 is 2.55 bits per heavy atom. The molecular formula is C14H20ClIN2O2. The van der Waals surface area contributed by atoms with Crippen molar-refractivity contribution in [2.45, 2.75) is 44.8 Å². The van der Waals surface area contributed by atoms with E-state index in [4.69, 9.17) is 21.1 Å². The molecule has 1 atom stereocenters. The molecule has 0 amide bonds. The van der Waals surface area contributed by atoms with E-state index in [-0.39, 0.29) is 6.10 Å². The summed E-state index contributed by atoms with van der Waals surface area (Å²) in [5.74, 6) is 1.18. The molecular weight excluding hydrogens is 391 g/mol. The van der Waals surface area contributed by atoms with E-state index in [0.29, 0.717) is 23.5 Å². The van der Waals surface area contributed by atoms with Crippen LogP contribution >= 0.6 is 34.2 Å². The van der Waals surface area contributed by atoms with Crippen molar-refractivity contribution in [1.82, 2.24) is 9.97 Å². The highest BCUT2D eigenvalue weighted by atomic mass is 127. The van der Waals surface area contributed by atoms with Crippen molar-refractivity contribution in [2.75, 3.05) is 14.2 Å². The van der Waals surface area contributed by atoms with Gasteiger partial charge in [0.15, 0.2) is 5.82 Å². The maximum absolute atomic E-state index is 6.22. The molecule has 1 unspecified atom stereocenters. The molecule has 1 aromatic heterocycles. The van der Waals surface area contributed by atoms with E-state index < -0.39 is 0 Å². The van der Waals surface area contributed by atoms with Crippen molar-refractivity contribution < 1.29 is 9.47 Å². The summed E-state index contributed by atoms with van der Waals surface area (Å²) in [5, 5.41) is 0.487. The van der Waals surface area contributed by atoms with Crippen molar-refractivity contribution in [3.63, 3.8) is 0 Å². The molecule has 0 spiro atoms. The van der Waals surface area contributed by atoms with Gasteiger partial charge in [0, 0.05) is 14.2 Å². The molecule has 0 bridgehead atoms. The zero-order valence-electron chi connectivity index (χ0n) is 11.9. The highest BCUT2D eigenvalue weighted by Crippen LogP contribution is 2.36. The largest absolute Gasteiger partial charge is 0.378 e. The Morgan fingerprint density at radius 2 is 1.95 bits per heavy atom. The second-order valence-electron chi connectivity index (χ2n) is 5.12. The molecule has 1 fully saturated rings. The maximum atomic E-state index is 6.22. The van der Waals surface area contributed by atoms with Crippen LogP contribution in [0, 0.1) is 9.49 Å². The lowest BCUT2D eigenvalue weighted by molar-refractivity contribution is 0.0284. The van der Waals surface area contributed by atoms with Crippen molar-refractivity contribution in [3.8, 4) is 0 Å². The lowest BCUT2D eigenvalue weighted by atomic mass is 9.85. The number of rotatable bonds is 5. The summed E-state index contributed by atoms with van der Waals surface area (Å²) in [6.07, 6.45) is 6.10. The third kappa shape index (κ3) is 3.81. The lowest BCUT2D eigenvalue weighted by Crippen LogP contribution is -2.21. The maximum Gasteiger partial charge on any atom is 0.159 e. The van der Waals surface area contributed by atoms with Gasteiger partial charge in [-0.2, -0.15) is 0 Å². The van der Waals surface area contributed by atoms with Crippen LogP contribution in [0.5, 0.6) is 0 Å². The van der Waals surface area contributed by atoms with Crippen LogP contribution in [-0.4, -0.2) is 24.2 Å². The number of aromatic nitrogens is 2. The van der Waals surface area contributed by atoms with E-state index in [1.807, 2.05) is 0 Å². The van der Waals surface area contributed by atoms with Crippen LogP contribution in [0.2, 0.25) is 5.15 Å². The zero-order chi connectivity index (χ0) is 14.5. The third-order valence-corrected chi connectivity index (χ3v) is 5.49. The molecule has 2 rings (SSSR count). The molecule has 0 aromatic carbocycles. The van der Waals surface area contributed by atoms with Crippen molar-refractivity contribution >= 4 is 34.2 Å². The topological polar surface area (TPSA) is 44.2 Å². The van der Waals surface area contributed by atoms with Gasteiger partial charge in [-0.1, -0.05) is 30.9 Å². The van der Waals surface area contributed by atoms with Gasteiger partial charge in [-0.15, -0.1) is 0 Å². The predicted octanol–water partition coefficient (Wildman–Crippen LogP) is 4.15. The first-order chi connectivity index (χ1) is 9.67. The summed E-state index contributed by atoms with van der Waals surface area (Å²) in [7, 11) is 3.38. The fourth-order valence-electron chi connectivity index (χ4n) is 2.79. The normalized spacial score (nSPS) is 18.2. The smallest absolute Gasteiger partial charge is 0.159 e. The fourth-order valence-corrected chi connectivity index (χ4v) is 3.38. The van der Waals surface area contributed by atoms with Gasteiger partial charge in [0.05, 0.1) is 15.9 Å². The van der Waals surface area contributed by atoms with Crippen molar-refractivity contribution in [1.29, 1.82) is 0 Å². The zero-order valence-corrected chi connectivity index (χ0v) is 14.8. The minimum absolute atomic E-state index is 0.0691. The van der Waals surface area contributed by atoms with Gasteiger partial charge in [0.2, 0.25) is 0 Å². The number of methoxy groups -OCH3 is 2. The summed E-state index contributed by atoms with van der Waals surface area (Å²) >= 11 is 8.38. The Bertz CT molecular complexity index is 453. The molecule has 1 aliphatic carbocycles. The molecule has 1 heterocycles. The Hall–Kier alpha value is 0.0200. The molecule has 6 heteroatoms. The second-order valence-corrected chi connectivity index (χ2v) is 6.56. The Morgan fingerprint density at radius 1 is 1.25 bits per heavy atom. The number of halogens is 2. The first-order valence-electron chi connectivity index (χ1n) is 6.91. The third-order valence-electron chi connectivity index (χ3n) is 3.76. The average Bonchev–Trinajstić information content (AvgIpc) is 2.46. The first-order valence-corrected chi connectivity index (χ1v) is 8.36. The van der Waals surface area contributed by atoms with E-state index >= 15 is 0 Å². The fraction of sp³-hybridized carbons (Fsp3) is 0.714. The predicted molar refractivity (Wildman–Crippen MR) is 86.8 cm³/mol. The van der Waals surface area contributed by atoms with Gasteiger partial charge < -0.3 is 9.47 Å². The van der Waals surface area contributed by atoms with Crippen LogP contribution in [-0.2, 0) is 16.1 Å². The van der Waals surface area contributed by atoms with Crippen LogP contribution < -0.4 is 0 Å². The Kier molecular flexibility index (Phi) is 6.45. The SMILES string of the molecule is COCc1nc(C(OC)C2CCCCC2)nc(Cl)c1I. The van der Waals surface area contributed by atoms with Crippen LogP contribution in [0.15, 0.2) is 0 Å². The first kappa shape index (κ1) is 16.4. The van der Waals surface area contributed by atoms with Crippen molar-refractivity contribution in [3.05, 3.63) is 20.2 Å².